The second kappa shape index (κ2) is 8.28. The van der Waals surface area contributed by atoms with Crippen molar-refractivity contribution < 1.29 is 24.2 Å². The molecule has 0 aliphatic carbocycles. The number of hydrogen-bond donors (Lipinski definition) is 1. The zero-order chi connectivity index (χ0) is 22.4. The Morgan fingerprint density at radius 2 is 2.00 bits per heavy atom. The van der Waals surface area contributed by atoms with Crippen molar-refractivity contribution in [3.8, 4) is 0 Å². The van der Waals surface area contributed by atoms with Gasteiger partial charge in [-0.1, -0.05) is 24.3 Å². The topological polar surface area (TPSA) is 87.2 Å². The average Bonchev–Trinajstić information content (AvgIpc) is 3.10. The Morgan fingerprint density at radius 1 is 1.23 bits per heavy atom. The number of rotatable bonds is 3. The summed E-state index contributed by atoms with van der Waals surface area (Å²) >= 11 is 1.56. The molecular weight excluding hydrogens is 416 g/mol. The van der Waals surface area contributed by atoms with Crippen molar-refractivity contribution in [3.63, 3.8) is 0 Å². The van der Waals surface area contributed by atoms with E-state index in [2.05, 4.69) is 6.08 Å². The van der Waals surface area contributed by atoms with Crippen LogP contribution in [0.5, 0.6) is 0 Å². The molecule has 0 aromatic rings. The van der Waals surface area contributed by atoms with Crippen molar-refractivity contribution in [2.75, 3.05) is 26.3 Å². The molecular formula is C23H32N2O5S. The molecule has 0 radical (unpaired) electrons. The number of fused-ring (bicyclic) bond motifs is 2. The third-order valence-corrected chi connectivity index (χ3v) is 8.46. The summed E-state index contributed by atoms with van der Waals surface area (Å²) in [5.41, 5.74) is -0.404. The molecule has 0 bridgehead atoms. The fourth-order valence-electron chi connectivity index (χ4n) is 5.34. The van der Waals surface area contributed by atoms with Crippen LogP contribution in [-0.2, 0) is 19.1 Å². The molecule has 5 atom stereocenters. The maximum atomic E-state index is 13.9. The Kier molecular flexibility index (Phi) is 5.98. The molecule has 0 saturated carbocycles. The fraction of sp³-hybridized carbons (Fsp3) is 0.696. The number of hydrogen-bond acceptors (Lipinski definition) is 6. The molecule has 31 heavy (non-hydrogen) atoms. The van der Waals surface area contributed by atoms with Gasteiger partial charge in [-0.05, 0) is 40.0 Å². The lowest BCUT2D eigenvalue weighted by Crippen LogP contribution is -2.57. The van der Waals surface area contributed by atoms with E-state index in [1.165, 1.54) is 0 Å². The molecule has 8 heteroatoms. The quantitative estimate of drug-likeness (QED) is 0.523. The van der Waals surface area contributed by atoms with E-state index in [1.54, 1.807) is 16.7 Å². The van der Waals surface area contributed by atoms with Crippen molar-refractivity contribution in [2.24, 2.45) is 11.8 Å². The Bertz CT molecular complexity index is 819. The van der Waals surface area contributed by atoms with Crippen molar-refractivity contribution in [1.29, 1.82) is 0 Å². The lowest BCUT2D eigenvalue weighted by molar-refractivity contribution is -0.153. The van der Waals surface area contributed by atoms with Crippen LogP contribution in [0.1, 0.15) is 40.0 Å². The van der Waals surface area contributed by atoms with Crippen molar-refractivity contribution >= 4 is 29.5 Å². The van der Waals surface area contributed by atoms with Gasteiger partial charge in [0.05, 0.1) is 23.2 Å². The minimum atomic E-state index is -0.818. The summed E-state index contributed by atoms with van der Waals surface area (Å²) in [5.74, 6) is -1.90. The minimum absolute atomic E-state index is 0.0643. The van der Waals surface area contributed by atoms with E-state index in [0.717, 1.165) is 12.8 Å². The Labute approximate surface area is 187 Å². The molecule has 4 heterocycles. The van der Waals surface area contributed by atoms with Crippen LogP contribution in [0, 0.1) is 11.8 Å². The number of carbonyl (C=O) groups is 3. The molecule has 4 rings (SSSR count). The van der Waals surface area contributed by atoms with Gasteiger partial charge in [0, 0.05) is 30.5 Å². The molecule has 2 amide bonds. The van der Waals surface area contributed by atoms with Gasteiger partial charge in [-0.25, -0.2) is 0 Å². The van der Waals surface area contributed by atoms with Gasteiger partial charge in [-0.2, -0.15) is 0 Å². The number of thioether (sulfide) groups is 1. The monoisotopic (exact) mass is 448 g/mol. The van der Waals surface area contributed by atoms with Gasteiger partial charge in [0.25, 0.3) is 0 Å². The number of aliphatic hydroxyl groups excluding tert-OH is 1. The Morgan fingerprint density at radius 3 is 2.71 bits per heavy atom. The molecule has 0 aromatic carbocycles. The van der Waals surface area contributed by atoms with Gasteiger partial charge >= 0.3 is 5.97 Å². The highest BCUT2D eigenvalue weighted by atomic mass is 32.2. The van der Waals surface area contributed by atoms with Crippen LogP contribution in [0.4, 0.5) is 0 Å². The molecule has 4 aliphatic rings. The summed E-state index contributed by atoms with van der Waals surface area (Å²) in [4.78, 5) is 44.1. The number of esters is 1. The first-order chi connectivity index (χ1) is 14.7. The number of allylic oxidation sites excluding steroid dienone is 1. The molecule has 4 aliphatic heterocycles. The predicted octanol–water partition coefficient (Wildman–Crippen LogP) is 1.76. The van der Waals surface area contributed by atoms with Crippen LogP contribution in [0.25, 0.3) is 0 Å². The first kappa shape index (κ1) is 22.4. The number of aliphatic hydroxyl groups is 1. The van der Waals surface area contributed by atoms with Crippen molar-refractivity contribution in [1.82, 2.24) is 9.80 Å². The van der Waals surface area contributed by atoms with Gasteiger partial charge in [-0.3, -0.25) is 14.4 Å². The zero-order valence-electron chi connectivity index (χ0n) is 18.5. The maximum absolute atomic E-state index is 13.9. The molecule has 1 spiro atoms. The van der Waals surface area contributed by atoms with E-state index in [0.29, 0.717) is 26.1 Å². The number of cyclic esters (lactones) is 1. The molecule has 170 valence electrons. The second-order valence-corrected chi connectivity index (χ2v) is 11.2. The van der Waals surface area contributed by atoms with Gasteiger partial charge in [0.2, 0.25) is 11.8 Å². The molecule has 1 N–H and O–H groups in total. The van der Waals surface area contributed by atoms with E-state index < -0.39 is 28.2 Å². The number of amides is 2. The first-order valence-corrected chi connectivity index (χ1v) is 12.0. The van der Waals surface area contributed by atoms with Crippen LogP contribution in [-0.4, -0.2) is 80.6 Å². The highest BCUT2D eigenvalue weighted by Gasteiger charge is 2.71. The largest absolute Gasteiger partial charge is 0.465 e. The van der Waals surface area contributed by atoms with Crippen LogP contribution in [0.15, 0.2) is 24.3 Å². The predicted molar refractivity (Wildman–Crippen MR) is 118 cm³/mol. The van der Waals surface area contributed by atoms with E-state index in [1.807, 2.05) is 43.9 Å². The van der Waals surface area contributed by atoms with Crippen LogP contribution in [0.2, 0.25) is 0 Å². The third-order valence-electron chi connectivity index (χ3n) is 6.72. The maximum Gasteiger partial charge on any atom is 0.311 e. The number of carbonyl (C=O) groups excluding carboxylic acids is 3. The normalized spacial score (nSPS) is 36.7. The summed E-state index contributed by atoms with van der Waals surface area (Å²) < 4.78 is 4.72. The fourth-order valence-corrected chi connectivity index (χ4v) is 7.34. The number of nitrogens with zero attached hydrogens (tertiary/aromatic N) is 2. The summed E-state index contributed by atoms with van der Waals surface area (Å²) in [7, 11) is 0. The van der Waals surface area contributed by atoms with Crippen LogP contribution < -0.4 is 0 Å². The lowest BCUT2D eigenvalue weighted by atomic mass is 9.78. The molecule has 1 unspecified atom stereocenters. The average molecular weight is 449 g/mol. The molecule has 2 saturated heterocycles. The Hall–Kier alpha value is -1.80. The highest BCUT2D eigenvalue weighted by molar-refractivity contribution is 8.02. The van der Waals surface area contributed by atoms with Gasteiger partial charge in [-0.15, -0.1) is 11.8 Å². The molecule has 7 nitrogen and oxygen atoms in total. The highest BCUT2D eigenvalue weighted by Crippen LogP contribution is 2.60. The molecule has 2 fully saturated rings. The summed E-state index contributed by atoms with van der Waals surface area (Å²) in [6, 6.07) is -0.698. The summed E-state index contributed by atoms with van der Waals surface area (Å²) in [6.45, 7) is 7.00. The first-order valence-electron chi connectivity index (χ1n) is 11.1. The Balaban J connectivity index is 1.82. The molecule has 0 aromatic heterocycles. The number of likely N-dealkylation sites (tertiary alicyclic amines) is 1. The van der Waals surface area contributed by atoms with Crippen LogP contribution in [0.3, 0.4) is 0 Å². The standard InChI is InChI=1S/C23H32N2O5S/c1-22(2,3)25-12-7-10-23-17(19(27)24(11-8-13-26)18(23)20(25)28)16-15(31-23)9-5-4-6-14-30-21(16)29/h5,7,9-10,15-18,26H,4,6,8,11-14H2,1-3H3/b9-5-/t15-,16+,17+,18?,23+/m1/s1. The van der Waals surface area contributed by atoms with Crippen molar-refractivity contribution in [2.45, 2.75) is 61.6 Å². The van der Waals surface area contributed by atoms with Gasteiger partial charge < -0.3 is 19.6 Å². The van der Waals surface area contributed by atoms with E-state index >= 15 is 0 Å². The second-order valence-electron chi connectivity index (χ2n) is 9.71. The van der Waals surface area contributed by atoms with E-state index in [-0.39, 0.29) is 29.6 Å². The van der Waals surface area contributed by atoms with Gasteiger partial charge in [0.1, 0.15) is 6.04 Å². The lowest BCUT2D eigenvalue weighted by Gasteiger charge is -2.40. The SMILES string of the molecule is CC(C)(C)N1CC=C[C@]23S[C@@H]4/C=C\CCCOC(=O)[C@@H]4[C@H]2C(=O)N(CCCO)C3C1=O. The van der Waals surface area contributed by atoms with E-state index in [9.17, 15) is 19.5 Å². The van der Waals surface area contributed by atoms with E-state index in [4.69, 9.17) is 4.74 Å². The van der Waals surface area contributed by atoms with Crippen molar-refractivity contribution in [3.05, 3.63) is 24.3 Å². The van der Waals surface area contributed by atoms with Gasteiger partial charge in [0.15, 0.2) is 0 Å². The summed E-state index contributed by atoms with van der Waals surface area (Å²) in [6.07, 6.45) is 10.1. The number of ether oxygens (including phenoxy) is 1. The third kappa shape index (κ3) is 3.61. The smallest absolute Gasteiger partial charge is 0.311 e. The zero-order valence-corrected chi connectivity index (χ0v) is 19.3. The minimum Gasteiger partial charge on any atom is -0.465 e. The summed E-state index contributed by atoms with van der Waals surface area (Å²) in [5, 5.41) is 9.20. The van der Waals surface area contributed by atoms with Crippen LogP contribution >= 0.6 is 11.8 Å².